The first-order valence-corrected chi connectivity index (χ1v) is 53.4. The number of carbonyl (C=O) groups is 5. The van der Waals surface area contributed by atoms with Gasteiger partial charge in [0.2, 0.25) is 25.2 Å². The van der Waals surface area contributed by atoms with Crippen LogP contribution in [0, 0.1) is 12.3 Å². The third kappa shape index (κ3) is 24.9. The van der Waals surface area contributed by atoms with Crippen LogP contribution in [0.5, 0.6) is 28.7 Å². The van der Waals surface area contributed by atoms with Gasteiger partial charge in [0, 0.05) is 82.2 Å². The molecule has 6 aliphatic rings. The van der Waals surface area contributed by atoms with E-state index in [1.54, 1.807) is 13.0 Å². The second-order valence-corrected chi connectivity index (χ2v) is 49.0. The predicted octanol–water partition coefficient (Wildman–Crippen LogP) is 14.2. The van der Waals surface area contributed by atoms with Crippen molar-refractivity contribution in [2.45, 2.75) is 175 Å². The zero-order valence-corrected chi connectivity index (χ0v) is 79.5. The molecule has 4 aliphatic heterocycles. The fraction of sp³-hybridized carbons (Fsp3) is 0.395. The highest BCUT2D eigenvalue weighted by molar-refractivity contribution is 7.75. The summed E-state index contributed by atoms with van der Waals surface area (Å²) in [7, 11) is -39.4. The van der Waals surface area contributed by atoms with Gasteiger partial charge in [-0.15, -0.1) is 0 Å². The van der Waals surface area contributed by atoms with Crippen molar-refractivity contribution in [2.24, 2.45) is 5.41 Å². The molecule has 8 unspecified atom stereocenters. The van der Waals surface area contributed by atoms with Crippen molar-refractivity contribution in [3.05, 3.63) is 233 Å². The van der Waals surface area contributed by atoms with E-state index >= 15 is 0 Å². The molecule has 2 aliphatic carbocycles. The maximum absolute atomic E-state index is 13.1. The number of hydrogen-bond donors (Lipinski definition) is 12. The molecule has 14 rings (SSSR count). The van der Waals surface area contributed by atoms with Crippen LogP contribution in [-0.4, -0.2) is 163 Å². The standard InChI is InChI=1S/C22H27NO10P2.C21H25NO11P2.C21H25NO10P2.C17H19NO11P2/c1-15-9-10-19(31-21(24)30-17-7-3-2-4-8-17)18(12-15)20-32-34(26,27)22(25,35(28,29)33-20)13-16-6-5-11-23-14-16;1-14(23)30-13-20(2,3)19(24)31-17-9-5-4-8-16(17)18-32-34(26,27)21(25,35(28,29)33-18)11-15-7-6-10-22-12-15;23-20(29-16-8-2-1-3-9-16)30-18-11-5-4-10-17(18)19-31-33(25,26)21(24,34(27,28)32-19)13-15-7-6-12-22-14-15;1-25-13-7-3-6-12(14(13)27-16(19)26-2)15-28-30(21,22)17(20,31(23,24)29-15)9-11-5-4-8-18-10-11/h5-6,9-12,14,17,20,25H,2-4,7-8,13H2,1H3,(H,26,27)(H,28,29);4-10,12,18,25H,11,13H2,1-3H3,(H,26,27)(H,28,29);4-7,10-12,14,16,19,24H,1-3,8-9,13H2,(H,25,26)(H,27,28);3-8,10,15,20H,9H2,1-2H3,(H,21,22)(H,23,24). The van der Waals surface area contributed by atoms with Crippen molar-refractivity contribution in [3.63, 3.8) is 0 Å². The highest BCUT2D eigenvalue weighted by atomic mass is 31.3. The van der Waals surface area contributed by atoms with E-state index < -0.39 is 168 Å². The topological polar surface area (TPSA) is 673 Å². The van der Waals surface area contributed by atoms with Crippen LogP contribution in [-0.2, 0) is 127 Å². The van der Waals surface area contributed by atoms with Gasteiger partial charge in [-0.2, -0.15) is 0 Å². The van der Waals surface area contributed by atoms with Gasteiger partial charge in [0.1, 0.15) is 36.1 Å². The molecule has 4 aromatic carbocycles. The summed E-state index contributed by atoms with van der Waals surface area (Å²) in [6, 6.07) is 31.4. The van der Waals surface area contributed by atoms with Crippen molar-refractivity contribution < 1.29 is 199 Å². The van der Waals surface area contributed by atoms with E-state index in [2.05, 4.69) is 24.7 Å². The SMILES string of the molecule is CC(=O)OCC(C)(C)C(=O)Oc1ccccc1C1OP(=O)(O)C(O)(Cc2cccnc2)P(=O)(O)O1.COC(=O)Oc1c(OC)cccc1C1OP(=O)(O)C(O)(Cc2cccnc2)P(=O)(O)O1.Cc1ccc(OC(=O)OC2CCCCC2)c(C2OP(=O)(O)C(O)(Cc3cccnc3)P(=O)(O)O2)c1.O=C(Oc1ccccc1C1OP(=O)(O)C(O)(Cc2cccnc2)P(=O)(O)O1)OC1CCCCC1. The molecule has 4 aromatic heterocycles. The number of methoxy groups -OCH3 is 2. The molecule has 8 aromatic rings. The maximum atomic E-state index is 13.1. The Balaban J connectivity index is 0.000000173. The molecule has 8 heterocycles. The molecule has 0 radical (unpaired) electrons. The number of benzene rings is 4. The average molecular weight is 2050 g/mol. The summed E-state index contributed by atoms with van der Waals surface area (Å²) in [6.45, 7) is 5.53. The van der Waals surface area contributed by atoms with Crippen LogP contribution in [0.1, 0.15) is 160 Å². The summed E-state index contributed by atoms with van der Waals surface area (Å²) in [5.41, 5.74) is -0.404. The molecule has 0 amide bonds. The van der Waals surface area contributed by atoms with Gasteiger partial charge in [-0.1, -0.05) is 91.2 Å². The zero-order chi connectivity index (χ0) is 98.6. The molecule has 8 atom stereocenters. The van der Waals surface area contributed by atoms with Gasteiger partial charge in [0.25, 0.3) is 20.3 Å². The van der Waals surface area contributed by atoms with Crippen LogP contribution < -0.4 is 23.7 Å². The van der Waals surface area contributed by atoms with E-state index in [0.717, 1.165) is 71.3 Å². The molecule has 0 bridgehead atoms. The summed E-state index contributed by atoms with van der Waals surface area (Å²) in [4.78, 5) is 160. The van der Waals surface area contributed by atoms with Crippen LogP contribution in [0.25, 0.3) is 0 Å². The lowest BCUT2D eigenvalue weighted by molar-refractivity contribution is -0.153. The monoisotopic (exact) mass is 2040 g/mol. The zero-order valence-electron chi connectivity index (χ0n) is 72.4. The number of rotatable bonds is 22. The highest BCUT2D eigenvalue weighted by Crippen LogP contribution is 2.83. The fourth-order valence-corrected chi connectivity index (χ4v) is 28.1. The number of aryl methyl sites for hydroxylation is 1. The van der Waals surface area contributed by atoms with Crippen molar-refractivity contribution in [1.29, 1.82) is 0 Å². The molecule has 135 heavy (non-hydrogen) atoms. The summed E-state index contributed by atoms with van der Waals surface area (Å²) < 4.78 is 191. The number of aromatic nitrogens is 4. The van der Waals surface area contributed by atoms with Gasteiger partial charge >= 0.3 is 91.2 Å². The van der Waals surface area contributed by atoms with Crippen LogP contribution in [0.15, 0.2) is 183 Å². The lowest BCUT2D eigenvalue weighted by atomic mass is 9.95. The summed E-state index contributed by atoms with van der Waals surface area (Å²) in [6.07, 6.45) is 5.28. The first-order chi connectivity index (χ1) is 63.3. The van der Waals surface area contributed by atoms with Gasteiger partial charge in [-0.3, -0.25) is 102 Å². The lowest BCUT2D eigenvalue weighted by Crippen LogP contribution is -2.38. The first kappa shape index (κ1) is 107. The number of para-hydroxylation sites is 3. The number of carbonyl (C=O) groups excluding carboxylic acids is 5. The van der Waals surface area contributed by atoms with Crippen molar-refractivity contribution in [2.75, 3.05) is 20.8 Å². The number of pyridine rings is 4. The molecule has 2 saturated carbocycles. The average Bonchev–Trinajstić information content (AvgIpc) is 0.732. The molecule has 732 valence electrons. The minimum atomic E-state index is -5.23. The number of hydrogen-bond acceptors (Lipinski definition) is 38. The molecule has 46 nitrogen and oxygen atoms in total. The Labute approximate surface area is 769 Å². The maximum Gasteiger partial charge on any atom is 0.514 e. The number of aliphatic hydroxyl groups is 4. The van der Waals surface area contributed by atoms with Crippen molar-refractivity contribution >= 4 is 91.2 Å². The molecule has 12 N–H and O–H groups in total. The van der Waals surface area contributed by atoms with Crippen molar-refractivity contribution in [3.8, 4) is 28.7 Å². The minimum Gasteiger partial charge on any atom is -0.493 e. The van der Waals surface area contributed by atoms with Crippen LogP contribution in [0.4, 0.5) is 14.4 Å². The van der Waals surface area contributed by atoms with Crippen LogP contribution in [0.3, 0.4) is 0 Å². The third-order valence-corrected chi connectivity index (χ3v) is 39.6. The Morgan fingerprint density at radius 3 is 1.02 bits per heavy atom. The van der Waals surface area contributed by atoms with E-state index in [1.165, 1.54) is 205 Å². The van der Waals surface area contributed by atoms with Crippen LogP contribution in [0.2, 0.25) is 0 Å². The normalized spacial score (nSPS) is 30.7. The lowest BCUT2D eigenvalue weighted by Gasteiger charge is -2.41. The number of esters is 2. The van der Waals surface area contributed by atoms with E-state index in [1.807, 2.05) is 0 Å². The molecular formula is C81H96N4O42P8. The number of ether oxygens (including phenoxy) is 9. The second kappa shape index (κ2) is 43.6. The molecule has 0 spiro atoms. The number of nitrogens with zero attached hydrogens (tertiary/aromatic N) is 4. The molecular weight excluding hydrogens is 1950 g/mol. The van der Waals surface area contributed by atoms with Crippen LogP contribution >= 0.6 is 60.8 Å². The van der Waals surface area contributed by atoms with Gasteiger partial charge in [0.15, 0.2) is 11.5 Å². The van der Waals surface area contributed by atoms with E-state index in [0.29, 0.717) is 5.56 Å². The van der Waals surface area contributed by atoms with E-state index in [9.17, 15) is 120 Å². The fourth-order valence-electron chi connectivity index (χ4n) is 13.8. The molecule has 4 saturated heterocycles. The van der Waals surface area contributed by atoms with Gasteiger partial charge in [-0.05, 0) is 155 Å². The highest BCUT2D eigenvalue weighted by Gasteiger charge is 2.71. The Morgan fingerprint density at radius 1 is 0.385 bits per heavy atom. The summed E-state index contributed by atoms with van der Waals surface area (Å²) >= 11 is 0. The smallest absolute Gasteiger partial charge is 0.493 e. The minimum absolute atomic E-state index is 0.0214. The Morgan fingerprint density at radius 2 is 0.696 bits per heavy atom. The molecule has 6 fully saturated rings. The van der Waals surface area contributed by atoms with Gasteiger partial charge < -0.3 is 102 Å². The first-order valence-electron chi connectivity index (χ1n) is 40.7. The Kier molecular flexibility index (Phi) is 34.4. The predicted molar refractivity (Wildman–Crippen MR) is 464 cm³/mol. The largest absolute Gasteiger partial charge is 0.514 e. The molecule has 54 heteroatoms. The summed E-state index contributed by atoms with van der Waals surface area (Å²) in [5.74, 6) is -2.26. The van der Waals surface area contributed by atoms with Gasteiger partial charge in [0.05, 0.1) is 41.9 Å². The Hall–Kier alpha value is -8.93. The second-order valence-electron chi connectivity index (χ2n) is 31.6. The third-order valence-electron chi connectivity index (χ3n) is 21.2. The van der Waals surface area contributed by atoms with Gasteiger partial charge in [-0.25, -0.2) is 14.4 Å². The van der Waals surface area contributed by atoms with Crippen molar-refractivity contribution in [1.82, 2.24) is 19.9 Å². The Bertz CT molecular complexity index is 5880. The van der Waals surface area contributed by atoms with E-state index in [4.69, 9.17) is 74.1 Å². The van der Waals surface area contributed by atoms with E-state index in [-0.39, 0.29) is 92.1 Å². The quantitative estimate of drug-likeness (QED) is 0.00985. The summed E-state index contributed by atoms with van der Waals surface area (Å²) in [5, 5.41) is 30.7.